The van der Waals surface area contributed by atoms with Crippen molar-refractivity contribution in [3.05, 3.63) is 23.8 Å². The van der Waals surface area contributed by atoms with Crippen LogP contribution in [0.4, 0.5) is 10.5 Å². The van der Waals surface area contributed by atoms with Crippen molar-refractivity contribution in [2.24, 2.45) is 0 Å². The van der Waals surface area contributed by atoms with Crippen LogP contribution in [0.15, 0.2) is 18.2 Å². The molecule has 0 aliphatic carbocycles. The molecule has 1 saturated heterocycles. The van der Waals surface area contributed by atoms with Crippen molar-refractivity contribution in [2.75, 3.05) is 25.0 Å². The summed E-state index contributed by atoms with van der Waals surface area (Å²) in [6, 6.07) is 6.04. The number of carbonyl (C=O) groups excluding carboxylic acids is 1. The fourth-order valence-electron chi connectivity index (χ4n) is 3.50. The minimum absolute atomic E-state index is 0.00700. The minimum atomic E-state index is -0.00700. The summed E-state index contributed by atoms with van der Waals surface area (Å²) in [7, 11) is 0. The molecule has 0 unspecified atom stereocenters. The lowest BCUT2D eigenvalue weighted by Gasteiger charge is -2.39. The van der Waals surface area contributed by atoms with Crippen molar-refractivity contribution in [1.29, 1.82) is 0 Å². The third-order valence-electron chi connectivity index (χ3n) is 4.88. The third-order valence-corrected chi connectivity index (χ3v) is 4.88. The number of nitrogens with one attached hydrogen (secondary N) is 1. The lowest BCUT2D eigenvalue weighted by molar-refractivity contribution is 0.111. The van der Waals surface area contributed by atoms with Gasteiger partial charge < -0.3 is 20.2 Å². The van der Waals surface area contributed by atoms with Gasteiger partial charge in [-0.25, -0.2) is 4.79 Å². The Kier molecular flexibility index (Phi) is 4.25. The molecule has 1 aromatic carbocycles. The summed E-state index contributed by atoms with van der Waals surface area (Å²) in [5.74, 6) is 0.256. The number of nitrogens with zero attached hydrogens (tertiary/aromatic N) is 2. The zero-order chi connectivity index (χ0) is 15.7. The van der Waals surface area contributed by atoms with Gasteiger partial charge in [0.1, 0.15) is 5.75 Å². The molecule has 2 aliphatic rings. The van der Waals surface area contributed by atoms with E-state index in [1.165, 1.54) is 0 Å². The van der Waals surface area contributed by atoms with Gasteiger partial charge in [-0.2, -0.15) is 0 Å². The summed E-state index contributed by atoms with van der Waals surface area (Å²) in [6.45, 7) is 7.28. The van der Waals surface area contributed by atoms with Crippen molar-refractivity contribution >= 4 is 11.7 Å². The fraction of sp³-hybridized carbons (Fsp3) is 0.588. The summed E-state index contributed by atoms with van der Waals surface area (Å²) in [5, 5.41) is 12.6. The van der Waals surface area contributed by atoms with E-state index < -0.39 is 0 Å². The molecule has 2 heterocycles. The Morgan fingerprint density at radius 3 is 2.64 bits per heavy atom. The molecule has 2 aliphatic heterocycles. The SMILES string of the molecule is CC(C)N1CCC(N2CCc3cc(O)ccc3NC2=O)CC1. The molecule has 22 heavy (non-hydrogen) atoms. The first-order valence-electron chi connectivity index (χ1n) is 8.18. The van der Waals surface area contributed by atoms with Crippen LogP contribution in [-0.2, 0) is 6.42 Å². The molecule has 5 heteroatoms. The molecule has 2 N–H and O–H groups in total. The number of hydrogen-bond acceptors (Lipinski definition) is 3. The van der Waals surface area contributed by atoms with Crippen molar-refractivity contribution in [3.63, 3.8) is 0 Å². The van der Waals surface area contributed by atoms with E-state index in [0.29, 0.717) is 18.6 Å². The van der Waals surface area contributed by atoms with E-state index in [1.54, 1.807) is 18.2 Å². The molecule has 2 amide bonds. The highest BCUT2D eigenvalue weighted by Gasteiger charge is 2.30. The Bertz CT molecular complexity index is 551. The first kappa shape index (κ1) is 15.2. The first-order valence-corrected chi connectivity index (χ1v) is 8.18. The molecule has 120 valence electrons. The number of amides is 2. The largest absolute Gasteiger partial charge is 0.508 e. The van der Waals surface area contributed by atoms with Crippen LogP contribution >= 0.6 is 0 Å². The summed E-state index contributed by atoms with van der Waals surface area (Å²) in [5.41, 5.74) is 1.83. The first-order chi connectivity index (χ1) is 10.5. The monoisotopic (exact) mass is 303 g/mol. The molecule has 1 aromatic rings. The predicted octanol–water partition coefficient (Wildman–Crippen LogP) is 2.66. The molecule has 1 fully saturated rings. The summed E-state index contributed by atoms with van der Waals surface area (Å²) < 4.78 is 0. The predicted molar refractivity (Wildman–Crippen MR) is 87.3 cm³/mol. The molecular weight excluding hydrogens is 278 g/mol. The maximum atomic E-state index is 12.5. The van der Waals surface area contributed by atoms with Crippen molar-refractivity contribution < 1.29 is 9.90 Å². The number of phenols is 1. The van der Waals surface area contributed by atoms with Crippen LogP contribution in [0.1, 0.15) is 32.3 Å². The van der Waals surface area contributed by atoms with E-state index in [0.717, 1.165) is 43.6 Å². The Labute approximate surface area is 131 Å². The van der Waals surface area contributed by atoms with E-state index >= 15 is 0 Å². The zero-order valence-electron chi connectivity index (χ0n) is 13.4. The molecule has 0 saturated carbocycles. The zero-order valence-corrected chi connectivity index (χ0v) is 13.4. The van der Waals surface area contributed by atoms with E-state index in [1.807, 2.05) is 4.90 Å². The summed E-state index contributed by atoms with van der Waals surface area (Å²) in [6.07, 6.45) is 2.85. The average Bonchev–Trinajstić information content (AvgIpc) is 2.65. The molecule has 0 spiro atoms. The van der Waals surface area contributed by atoms with Crippen LogP contribution in [0, 0.1) is 0 Å². The van der Waals surface area contributed by atoms with Crippen molar-refractivity contribution in [1.82, 2.24) is 9.80 Å². The molecular formula is C17H25N3O2. The Morgan fingerprint density at radius 2 is 1.95 bits per heavy atom. The van der Waals surface area contributed by atoms with Crippen molar-refractivity contribution in [3.8, 4) is 5.75 Å². The number of phenolic OH excluding ortho intramolecular Hbond substituents is 1. The quantitative estimate of drug-likeness (QED) is 0.826. The Morgan fingerprint density at radius 1 is 1.23 bits per heavy atom. The number of piperidine rings is 1. The van der Waals surface area contributed by atoms with E-state index in [9.17, 15) is 9.90 Å². The highest BCUT2D eigenvalue weighted by atomic mass is 16.3. The summed E-state index contributed by atoms with van der Waals surface area (Å²) >= 11 is 0. The second-order valence-electron chi connectivity index (χ2n) is 6.58. The number of carbonyl (C=O) groups is 1. The topological polar surface area (TPSA) is 55.8 Å². The lowest BCUT2D eigenvalue weighted by atomic mass is 10.0. The number of hydrogen-bond donors (Lipinski definition) is 2. The highest BCUT2D eigenvalue weighted by Crippen LogP contribution is 2.27. The van der Waals surface area contributed by atoms with Crippen LogP contribution in [0.25, 0.3) is 0 Å². The smallest absolute Gasteiger partial charge is 0.322 e. The van der Waals surface area contributed by atoms with Gasteiger partial charge in [0.05, 0.1) is 0 Å². The second kappa shape index (κ2) is 6.16. The highest BCUT2D eigenvalue weighted by molar-refractivity contribution is 5.91. The van der Waals surface area contributed by atoms with Gasteiger partial charge >= 0.3 is 6.03 Å². The van der Waals surface area contributed by atoms with Crippen LogP contribution < -0.4 is 5.32 Å². The van der Waals surface area contributed by atoms with Crippen LogP contribution in [0.2, 0.25) is 0 Å². The standard InChI is InChI=1S/C17H25N3O2/c1-12(2)19-8-6-14(7-9-19)20-10-5-13-11-15(21)3-4-16(13)18-17(20)22/h3-4,11-12,14,21H,5-10H2,1-2H3,(H,18,22). The molecule has 3 rings (SSSR count). The molecule has 0 bridgehead atoms. The van der Waals surface area contributed by atoms with Crippen LogP contribution in [0.3, 0.4) is 0 Å². The van der Waals surface area contributed by atoms with E-state index in [-0.39, 0.29) is 11.8 Å². The van der Waals surface area contributed by atoms with Crippen molar-refractivity contribution in [2.45, 2.75) is 45.2 Å². The maximum Gasteiger partial charge on any atom is 0.322 e. The van der Waals surface area contributed by atoms with Gasteiger partial charge in [0, 0.05) is 37.4 Å². The third kappa shape index (κ3) is 3.04. The molecule has 5 nitrogen and oxygen atoms in total. The number of aromatic hydroxyl groups is 1. The lowest BCUT2D eigenvalue weighted by Crippen LogP contribution is -2.50. The number of fused-ring (bicyclic) bond motifs is 1. The maximum absolute atomic E-state index is 12.5. The van der Waals surface area contributed by atoms with E-state index in [4.69, 9.17) is 0 Å². The Hall–Kier alpha value is -1.75. The second-order valence-corrected chi connectivity index (χ2v) is 6.58. The van der Waals surface area contributed by atoms with Gasteiger partial charge in [-0.05, 0) is 56.9 Å². The van der Waals surface area contributed by atoms with Gasteiger partial charge in [-0.3, -0.25) is 0 Å². The molecule has 0 atom stereocenters. The minimum Gasteiger partial charge on any atom is -0.508 e. The van der Waals surface area contributed by atoms with Gasteiger partial charge in [-0.15, -0.1) is 0 Å². The fourth-order valence-corrected chi connectivity index (χ4v) is 3.50. The average molecular weight is 303 g/mol. The number of likely N-dealkylation sites (tertiary alicyclic amines) is 1. The Balaban J connectivity index is 1.68. The van der Waals surface area contributed by atoms with Crippen LogP contribution in [-0.4, -0.2) is 52.7 Å². The number of anilines is 1. The number of urea groups is 1. The molecule has 0 aromatic heterocycles. The van der Waals surface area contributed by atoms with Gasteiger partial charge in [0.15, 0.2) is 0 Å². The normalized spacial score (nSPS) is 20.7. The number of rotatable bonds is 2. The molecule has 0 radical (unpaired) electrons. The van der Waals surface area contributed by atoms with E-state index in [2.05, 4.69) is 24.1 Å². The van der Waals surface area contributed by atoms with Gasteiger partial charge in [0.25, 0.3) is 0 Å². The van der Waals surface area contributed by atoms with Gasteiger partial charge in [-0.1, -0.05) is 0 Å². The summed E-state index contributed by atoms with van der Waals surface area (Å²) in [4.78, 5) is 17.0. The van der Waals surface area contributed by atoms with Gasteiger partial charge in [0.2, 0.25) is 0 Å². The van der Waals surface area contributed by atoms with Crippen LogP contribution in [0.5, 0.6) is 5.75 Å². The number of benzene rings is 1.